The fourth-order valence-electron chi connectivity index (χ4n) is 1.78. The maximum absolute atomic E-state index is 11.2. The lowest BCUT2D eigenvalue weighted by Gasteiger charge is -2.22. The second-order valence-corrected chi connectivity index (χ2v) is 4.73. The highest BCUT2D eigenvalue weighted by atomic mass is 16.2. The van der Waals surface area contributed by atoms with E-state index in [1.807, 2.05) is 6.92 Å². The van der Waals surface area contributed by atoms with Crippen molar-refractivity contribution in [1.29, 1.82) is 0 Å². The smallest absolute Gasteiger partial charge is 0.236 e. The third kappa shape index (κ3) is 2.47. The predicted octanol–water partition coefficient (Wildman–Crippen LogP) is 1.15. The third-order valence-electron chi connectivity index (χ3n) is 3.52. The number of amides is 1. The van der Waals surface area contributed by atoms with Gasteiger partial charge < -0.3 is 10.6 Å². The van der Waals surface area contributed by atoms with Gasteiger partial charge in [-0.25, -0.2) is 0 Å². The van der Waals surface area contributed by atoms with Crippen LogP contribution in [0.5, 0.6) is 0 Å². The topological polar surface area (TPSA) is 41.1 Å². The van der Waals surface area contributed by atoms with Crippen LogP contribution in [0.15, 0.2) is 0 Å². The second kappa shape index (κ2) is 4.30. The first kappa shape index (κ1) is 11.5. The molecule has 1 unspecified atom stereocenters. The van der Waals surface area contributed by atoms with Crippen LogP contribution >= 0.6 is 0 Å². The average molecular weight is 198 g/mol. The van der Waals surface area contributed by atoms with E-state index in [1.165, 1.54) is 12.8 Å². The zero-order chi connectivity index (χ0) is 10.8. The van der Waals surface area contributed by atoms with Crippen molar-refractivity contribution in [3.63, 3.8) is 0 Å². The molecule has 14 heavy (non-hydrogen) atoms. The molecule has 1 rings (SSSR count). The van der Waals surface area contributed by atoms with Gasteiger partial charge in [0, 0.05) is 13.6 Å². The van der Waals surface area contributed by atoms with Crippen molar-refractivity contribution in [2.45, 2.75) is 39.7 Å². The quantitative estimate of drug-likeness (QED) is 0.695. The standard InChI is InChI=1S/C11H22N2O/c1-8(2)11(5-6-11)7-13-9(3)10(14)12-4/h8-9,13H,5-7H2,1-4H3,(H,12,14). The van der Waals surface area contributed by atoms with Crippen molar-refractivity contribution in [3.8, 4) is 0 Å². The van der Waals surface area contributed by atoms with E-state index in [0.717, 1.165) is 6.54 Å². The first-order chi connectivity index (χ1) is 6.52. The minimum absolute atomic E-state index is 0.0729. The van der Waals surface area contributed by atoms with E-state index in [-0.39, 0.29) is 11.9 Å². The monoisotopic (exact) mass is 198 g/mol. The van der Waals surface area contributed by atoms with Gasteiger partial charge in [-0.15, -0.1) is 0 Å². The molecule has 2 N–H and O–H groups in total. The molecule has 1 atom stereocenters. The average Bonchev–Trinajstić information content (AvgIpc) is 2.93. The summed E-state index contributed by atoms with van der Waals surface area (Å²) in [6.07, 6.45) is 2.61. The van der Waals surface area contributed by atoms with Crippen molar-refractivity contribution in [1.82, 2.24) is 10.6 Å². The highest BCUT2D eigenvalue weighted by Gasteiger charge is 2.45. The molecule has 0 saturated heterocycles. The lowest BCUT2D eigenvalue weighted by Crippen LogP contribution is -2.43. The summed E-state index contributed by atoms with van der Waals surface area (Å²) in [4.78, 5) is 11.2. The SMILES string of the molecule is CNC(=O)C(C)NCC1(C(C)C)CC1. The van der Waals surface area contributed by atoms with Crippen LogP contribution in [0.25, 0.3) is 0 Å². The van der Waals surface area contributed by atoms with Crippen molar-refractivity contribution < 1.29 is 4.79 Å². The Hall–Kier alpha value is -0.570. The highest BCUT2D eigenvalue weighted by molar-refractivity contribution is 5.80. The summed E-state index contributed by atoms with van der Waals surface area (Å²) in [6, 6.07) is -0.0729. The molecular formula is C11H22N2O. The van der Waals surface area contributed by atoms with E-state index >= 15 is 0 Å². The zero-order valence-electron chi connectivity index (χ0n) is 9.68. The van der Waals surface area contributed by atoms with Crippen LogP contribution in [0, 0.1) is 11.3 Å². The number of hydrogen-bond donors (Lipinski definition) is 2. The molecule has 0 heterocycles. The van der Waals surface area contributed by atoms with Gasteiger partial charge >= 0.3 is 0 Å². The Bertz CT molecular complexity index is 209. The van der Waals surface area contributed by atoms with Crippen LogP contribution in [0.2, 0.25) is 0 Å². The number of nitrogens with one attached hydrogen (secondary N) is 2. The Balaban J connectivity index is 2.30. The molecule has 1 saturated carbocycles. The normalized spacial score (nSPS) is 20.6. The molecule has 1 fully saturated rings. The Morgan fingerprint density at radius 1 is 1.36 bits per heavy atom. The molecule has 82 valence electrons. The van der Waals surface area contributed by atoms with Crippen LogP contribution in [-0.2, 0) is 4.79 Å². The van der Waals surface area contributed by atoms with Crippen LogP contribution < -0.4 is 10.6 Å². The highest BCUT2D eigenvalue weighted by Crippen LogP contribution is 2.51. The van der Waals surface area contributed by atoms with Crippen LogP contribution in [0.4, 0.5) is 0 Å². The van der Waals surface area contributed by atoms with Gasteiger partial charge in [0.15, 0.2) is 0 Å². The van der Waals surface area contributed by atoms with Crippen LogP contribution in [-0.4, -0.2) is 25.5 Å². The minimum Gasteiger partial charge on any atom is -0.358 e. The van der Waals surface area contributed by atoms with E-state index in [2.05, 4.69) is 24.5 Å². The number of rotatable bonds is 5. The Morgan fingerprint density at radius 2 is 1.93 bits per heavy atom. The van der Waals surface area contributed by atoms with Gasteiger partial charge in [-0.3, -0.25) is 4.79 Å². The van der Waals surface area contributed by atoms with Crippen molar-refractivity contribution in [2.75, 3.05) is 13.6 Å². The van der Waals surface area contributed by atoms with Gasteiger partial charge in [-0.05, 0) is 31.1 Å². The summed E-state index contributed by atoms with van der Waals surface area (Å²) in [6.45, 7) is 7.41. The molecule has 1 aliphatic carbocycles. The van der Waals surface area contributed by atoms with Gasteiger partial charge in [-0.1, -0.05) is 13.8 Å². The molecule has 0 spiro atoms. The molecule has 1 amide bonds. The summed E-state index contributed by atoms with van der Waals surface area (Å²) >= 11 is 0. The molecule has 1 aliphatic rings. The van der Waals surface area contributed by atoms with Gasteiger partial charge in [0.1, 0.15) is 0 Å². The molecule has 0 aromatic heterocycles. The van der Waals surface area contributed by atoms with Gasteiger partial charge in [0.25, 0.3) is 0 Å². The summed E-state index contributed by atoms with van der Waals surface area (Å²) in [5.74, 6) is 0.788. The predicted molar refractivity (Wildman–Crippen MR) is 58.0 cm³/mol. The van der Waals surface area contributed by atoms with E-state index in [4.69, 9.17) is 0 Å². The van der Waals surface area contributed by atoms with E-state index in [1.54, 1.807) is 7.05 Å². The van der Waals surface area contributed by atoms with Gasteiger partial charge in [0.05, 0.1) is 6.04 Å². The Labute approximate surface area is 86.6 Å². The largest absolute Gasteiger partial charge is 0.358 e. The number of carbonyl (C=O) groups is 1. The molecule has 0 aromatic rings. The van der Waals surface area contributed by atoms with E-state index in [9.17, 15) is 4.79 Å². The Morgan fingerprint density at radius 3 is 2.29 bits per heavy atom. The van der Waals surface area contributed by atoms with Crippen LogP contribution in [0.1, 0.15) is 33.6 Å². The summed E-state index contributed by atoms with van der Waals surface area (Å²) in [5.41, 5.74) is 0.474. The first-order valence-electron chi connectivity index (χ1n) is 5.47. The number of carbonyl (C=O) groups excluding carboxylic acids is 1. The molecule has 3 nitrogen and oxygen atoms in total. The maximum atomic E-state index is 11.2. The molecule has 0 aromatic carbocycles. The fraction of sp³-hybridized carbons (Fsp3) is 0.909. The maximum Gasteiger partial charge on any atom is 0.236 e. The Kier molecular flexibility index (Phi) is 3.53. The second-order valence-electron chi connectivity index (χ2n) is 4.73. The van der Waals surface area contributed by atoms with Gasteiger partial charge in [-0.2, -0.15) is 0 Å². The first-order valence-corrected chi connectivity index (χ1v) is 5.47. The lowest BCUT2D eigenvalue weighted by atomic mass is 9.92. The van der Waals surface area contributed by atoms with Gasteiger partial charge in [0.2, 0.25) is 5.91 Å². The molecule has 0 radical (unpaired) electrons. The molecule has 0 bridgehead atoms. The zero-order valence-corrected chi connectivity index (χ0v) is 9.68. The minimum atomic E-state index is -0.0729. The van der Waals surface area contributed by atoms with Crippen molar-refractivity contribution in [2.24, 2.45) is 11.3 Å². The van der Waals surface area contributed by atoms with Crippen molar-refractivity contribution >= 4 is 5.91 Å². The van der Waals surface area contributed by atoms with E-state index < -0.39 is 0 Å². The molecular weight excluding hydrogens is 176 g/mol. The molecule has 3 heteroatoms. The third-order valence-corrected chi connectivity index (χ3v) is 3.52. The van der Waals surface area contributed by atoms with E-state index in [0.29, 0.717) is 11.3 Å². The molecule has 0 aliphatic heterocycles. The van der Waals surface area contributed by atoms with Crippen LogP contribution in [0.3, 0.4) is 0 Å². The number of hydrogen-bond acceptors (Lipinski definition) is 2. The summed E-state index contributed by atoms with van der Waals surface area (Å²) in [5, 5.41) is 5.95. The lowest BCUT2D eigenvalue weighted by molar-refractivity contribution is -0.122. The number of likely N-dealkylation sites (N-methyl/N-ethyl adjacent to an activating group) is 1. The fourth-order valence-corrected chi connectivity index (χ4v) is 1.78. The summed E-state index contributed by atoms with van der Waals surface area (Å²) < 4.78 is 0. The summed E-state index contributed by atoms with van der Waals surface area (Å²) in [7, 11) is 1.68. The van der Waals surface area contributed by atoms with Crippen molar-refractivity contribution in [3.05, 3.63) is 0 Å².